The normalized spacial score (nSPS) is 10.6. The van der Waals surface area contributed by atoms with Crippen molar-refractivity contribution in [3.8, 4) is 5.75 Å². The van der Waals surface area contributed by atoms with E-state index in [1.54, 1.807) is 78.9 Å². The Morgan fingerprint density at radius 3 is 2.12 bits per heavy atom. The topological polar surface area (TPSA) is 66.4 Å². The van der Waals surface area contributed by atoms with Gasteiger partial charge in [0.1, 0.15) is 5.75 Å². The Labute approximate surface area is 151 Å². The van der Waals surface area contributed by atoms with Crippen LogP contribution in [0.15, 0.2) is 84.9 Å². The highest BCUT2D eigenvalue weighted by Crippen LogP contribution is 2.18. The second-order valence-electron chi connectivity index (χ2n) is 5.65. The minimum atomic E-state index is -0.205. The number of para-hydroxylation sites is 1. The number of benzene rings is 3. The first-order chi connectivity index (χ1) is 12.6. The van der Waals surface area contributed by atoms with Crippen LogP contribution < -0.4 is 5.32 Å². The van der Waals surface area contributed by atoms with Gasteiger partial charge in [-0.25, -0.2) is 0 Å². The number of phenols is 1. The Morgan fingerprint density at radius 2 is 1.42 bits per heavy atom. The second kappa shape index (κ2) is 7.94. The number of nitrogens with one attached hydrogen (secondary N) is 1. The summed E-state index contributed by atoms with van der Waals surface area (Å²) in [6.45, 7) is 0. The van der Waals surface area contributed by atoms with E-state index in [1.165, 1.54) is 6.08 Å². The van der Waals surface area contributed by atoms with Crippen molar-refractivity contribution in [1.29, 1.82) is 0 Å². The Hall–Kier alpha value is -3.66. The average Bonchev–Trinajstić information content (AvgIpc) is 2.68. The third-order valence-corrected chi connectivity index (χ3v) is 3.81. The van der Waals surface area contributed by atoms with Crippen molar-refractivity contribution in [2.45, 2.75) is 0 Å². The molecular weight excluding hydrogens is 326 g/mol. The van der Waals surface area contributed by atoms with Crippen LogP contribution in [0, 0.1) is 0 Å². The maximum atomic E-state index is 12.2. The molecule has 3 aromatic rings. The predicted molar refractivity (Wildman–Crippen MR) is 102 cm³/mol. The molecule has 0 saturated carbocycles. The van der Waals surface area contributed by atoms with Crippen LogP contribution >= 0.6 is 0 Å². The van der Waals surface area contributed by atoms with Crippen LogP contribution in [-0.2, 0) is 0 Å². The van der Waals surface area contributed by atoms with E-state index in [4.69, 9.17) is 0 Å². The third kappa shape index (κ3) is 4.24. The van der Waals surface area contributed by atoms with Gasteiger partial charge in [-0.3, -0.25) is 9.59 Å². The molecule has 3 rings (SSSR count). The summed E-state index contributed by atoms with van der Waals surface area (Å²) in [6, 6.07) is 22.4. The summed E-state index contributed by atoms with van der Waals surface area (Å²) in [5.41, 5.74) is 2.25. The molecule has 0 fully saturated rings. The Morgan fingerprint density at radius 1 is 0.769 bits per heavy atom. The second-order valence-corrected chi connectivity index (χ2v) is 5.65. The van der Waals surface area contributed by atoms with E-state index in [2.05, 4.69) is 5.32 Å². The van der Waals surface area contributed by atoms with E-state index in [1.807, 2.05) is 6.07 Å². The summed E-state index contributed by atoms with van der Waals surface area (Å²) in [5, 5.41) is 12.5. The molecule has 0 aromatic heterocycles. The number of ketones is 1. The van der Waals surface area contributed by atoms with Crippen molar-refractivity contribution in [1.82, 2.24) is 0 Å². The van der Waals surface area contributed by atoms with Gasteiger partial charge in [0.05, 0.1) is 0 Å². The molecule has 4 nitrogen and oxygen atoms in total. The van der Waals surface area contributed by atoms with Crippen molar-refractivity contribution < 1.29 is 14.7 Å². The highest BCUT2D eigenvalue weighted by molar-refractivity contribution is 6.08. The molecule has 0 heterocycles. The van der Waals surface area contributed by atoms with Gasteiger partial charge in [0.2, 0.25) is 0 Å². The molecule has 128 valence electrons. The van der Waals surface area contributed by atoms with Gasteiger partial charge in [0, 0.05) is 22.4 Å². The van der Waals surface area contributed by atoms with E-state index in [0.29, 0.717) is 22.4 Å². The minimum absolute atomic E-state index is 0.121. The van der Waals surface area contributed by atoms with E-state index in [0.717, 1.165) is 0 Å². The first-order valence-electron chi connectivity index (χ1n) is 8.10. The van der Waals surface area contributed by atoms with E-state index in [9.17, 15) is 14.7 Å². The highest BCUT2D eigenvalue weighted by atomic mass is 16.3. The largest absolute Gasteiger partial charge is 0.507 e. The molecule has 26 heavy (non-hydrogen) atoms. The number of carbonyl (C=O) groups excluding carboxylic acids is 2. The van der Waals surface area contributed by atoms with Crippen molar-refractivity contribution in [3.63, 3.8) is 0 Å². The van der Waals surface area contributed by atoms with Crippen LogP contribution in [0.3, 0.4) is 0 Å². The standard InChI is InChI=1S/C22H17NO3/c24-20-9-5-4-6-16(20)12-15-21(25)17-10-13-19(14-11-17)23-22(26)18-7-2-1-3-8-18/h1-15,24H,(H,23,26). The van der Waals surface area contributed by atoms with Gasteiger partial charge >= 0.3 is 0 Å². The maximum Gasteiger partial charge on any atom is 0.255 e. The molecular formula is C22H17NO3. The molecule has 0 bridgehead atoms. The fourth-order valence-electron chi connectivity index (χ4n) is 2.40. The predicted octanol–water partition coefficient (Wildman–Crippen LogP) is 4.54. The molecule has 0 aliphatic carbocycles. The Balaban J connectivity index is 1.66. The lowest BCUT2D eigenvalue weighted by Crippen LogP contribution is -2.11. The summed E-state index contributed by atoms with van der Waals surface area (Å²) >= 11 is 0. The first kappa shape index (κ1) is 17.2. The quantitative estimate of drug-likeness (QED) is 0.528. The zero-order valence-corrected chi connectivity index (χ0v) is 13.9. The van der Waals surface area contributed by atoms with Gasteiger partial charge in [-0.2, -0.15) is 0 Å². The van der Waals surface area contributed by atoms with E-state index in [-0.39, 0.29) is 17.4 Å². The summed E-state index contributed by atoms with van der Waals surface area (Å²) in [7, 11) is 0. The minimum Gasteiger partial charge on any atom is -0.507 e. The van der Waals surface area contributed by atoms with Gasteiger partial charge in [-0.15, -0.1) is 0 Å². The summed E-state index contributed by atoms with van der Waals surface area (Å²) < 4.78 is 0. The maximum absolute atomic E-state index is 12.2. The van der Waals surface area contributed by atoms with Gasteiger partial charge < -0.3 is 10.4 Å². The van der Waals surface area contributed by atoms with Crippen LogP contribution in [0.4, 0.5) is 5.69 Å². The van der Waals surface area contributed by atoms with E-state index < -0.39 is 0 Å². The number of phenolic OH excluding ortho intramolecular Hbond substituents is 1. The molecule has 0 radical (unpaired) electrons. The zero-order valence-electron chi connectivity index (χ0n) is 13.9. The molecule has 3 aromatic carbocycles. The number of anilines is 1. The molecule has 1 amide bonds. The molecule has 4 heteroatoms. The Bertz CT molecular complexity index is 945. The van der Waals surface area contributed by atoms with Crippen molar-refractivity contribution in [3.05, 3.63) is 102 Å². The zero-order chi connectivity index (χ0) is 18.4. The number of aromatic hydroxyl groups is 1. The fraction of sp³-hybridized carbons (Fsp3) is 0. The molecule has 0 unspecified atom stereocenters. The molecule has 0 aliphatic heterocycles. The van der Waals surface area contributed by atoms with Crippen LogP contribution in [0.5, 0.6) is 5.75 Å². The van der Waals surface area contributed by atoms with Crippen molar-refractivity contribution >= 4 is 23.5 Å². The number of hydrogen-bond acceptors (Lipinski definition) is 3. The smallest absolute Gasteiger partial charge is 0.255 e. The molecule has 2 N–H and O–H groups in total. The number of allylic oxidation sites excluding steroid dienone is 1. The van der Waals surface area contributed by atoms with Crippen LogP contribution in [0.2, 0.25) is 0 Å². The summed E-state index contributed by atoms with van der Waals surface area (Å²) in [4.78, 5) is 24.3. The van der Waals surface area contributed by atoms with Gasteiger partial charge in [0.25, 0.3) is 5.91 Å². The number of amides is 1. The van der Waals surface area contributed by atoms with Crippen LogP contribution in [0.1, 0.15) is 26.3 Å². The lowest BCUT2D eigenvalue weighted by molar-refractivity contribution is 0.102. The van der Waals surface area contributed by atoms with Gasteiger partial charge in [0.15, 0.2) is 5.78 Å². The van der Waals surface area contributed by atoms with Gasteiger partial charge in [-0.05, 0) is 54.6 Å². The van der Waals surface area contributed by atoms with E-state index >= 15 is 0 Å². The number of hydrogen-bond donors (Lipinski definition) is 2. The Kier molecular flexibility index (Phi) is 5.25. The van der Waals surface area contributed by atoms with Crippen molar-refractivity contribution in [2.24, 2.45) is 0 Å². The SMILES string of the molecule is O=C(C=Cc1ccccc1O)c1ccc(NC(=O)c2ccccc2)cc1. The number of carbonyl (C=O) groups is 2. The summed E-state index contributed by atoms with van der Waals surface area (Å²) in [5.74, 6) is -0.270. The van der Waals surface area contributed by atoms with Crippen LogP contribution in [-0.4, -0.2) is 16.8 Å². The van der Waals surface area contributed by atoms with Gasteiger partial charge in [-0.1, -0.05) is 36.4 Å². The molecule has 0 spiro atoms. The van der Waals surface area contributed by atoms with Crippen molar-refractivity contribution in [2.75, 3.05) is 5.32 Å². The van der Waals surface area contributed by atoms with Crippen LogP contribution in [0.25, 0.3) is 6.08 Å². The third-order valence-electron chi connectivity index (χ3n) is 3.81. The highest BCUT2D eigenvalue weighted by Gasteiger charge is 2.06. The lowest BCUT2D eigenvalue weighted by Gasteiger charge is -2.05. The first-order valence-corrected chi connectivity index (χ1v) is 8.10. The molecule has 0 saturated heterocycles. The summed E-state index contributed by atoms with van der Waals surface area (Å²) in [6.07, 6.45) is 2.98. The molecule has 0 aliphatic rings. The average molecular weight is 343 g/mol. The fourth-order valence-corrected chi connectivity index (χ4v) is 2.40. The number of rotatable bonds is 5. The monoisotopic (exact) mass is 343 g/mol. The lowest BCUT2D eigenvalue weighted by atomic mass is 10.1. The molecule has 0 atom stereocenters.